The molecule has 2 rings (SSSR count). The van der Waals surface area contributed by atoms with Gasteiger partial charge < -0.3 is 19.7 Å². The van der Waals surface area contributed by atoms with E-state index in [1.54, 1.807) is 0 Å². The topological polar surface area (TPSA) is 33.7 Å². The van der Waals surface area contributed by atoms with Crippen LogP contribution in [0.4, 0.5) is 0 Å². The second-order valence-electron chi connectivity index (χ2n) is 5.13. The van der Waals surface area contributed by atoms with Gasteiger partial charge in [0.2, 0.25) is 0 Å². The summed E-state index contributed by atoms with van der Waals surface area (Å²) in [6, 6.07) is 6.72. The molecular formula is C15H24N2O2. The van der Waals surface area contributed by atoms with Crippen molar-refractivity contribution >= 4 is 0 Å². The Hall–Kier alpha value is -1.26. The summed E-state index contributed by atoms with van der Waals surface area (Å²) in [5, 5.41) is 3.20. The second kappa shape index (κ2) is 6.78. The van der Waals surface area contributed by atoms with Gasteiger partial charge in [0.1, 0.15) is 13.2 Å². The normalized spacial score (nSPS) is 15.6. The lowest BCUT2D eigenvalue weighted by atomic mass is 10.0. The zero-order valence-corrected chi connectivity index (χ0v) is 12.1. The number of rotatable bonds is 6. The monoisotopic (exact) mass is 264 g/mol. The van der Waals surface area contributed by atoms with E-state index >= 15 is 0 Å². The van der Waals surface area contributed by atoms with Gasteiger partial charge in [-0.2, -0.15) is 0 Å². The third-order valence-corrected chi connectivity index (χ3v) is 3.48. The first-order valence-electron chi connectivity index (χ1n) is 6.93. The summed E-state index contributed by atoms with van der Waals surface area (Å²) in [5.74, 6) is 1.74. The molecule has 0 spiro atoms. The molecule has 0 saturated carbocycles. The Labute approximate surface area is 115 Å². The SMILES string of the molecule is CNCCCC(c1ccc2c(c1)OCCO2)N(C)C. The predicted octanol–water partition coefficient (Wildman–Crippen LogP) is 2.06. The molecule has 0 saturated heterocycles. The molecule has 0 aromatic heterocycles. The van der Waals surface area contributed by atoms with Gasteiger partial charge in [-0.25, -0.2) is 0 Å². The molecule has 4 heteroatoms. The average molecular weight is 264 g/mol. The van der Waals surface area contributed by atoms with Gasteiger partial charge in [0.05, 0.1) is 0 Å². The van der Waals surface area contributed by atoms with E-state index in [-0.39, 0.29) is 0 Å². The van der Waals surface area contributed by atoms with Crippen molar-refractivity contribution in [2.45, 2.75) is 18.9 Å². The van der Waals surface area contributed by atoms with Crippen LogP contribution in [-0.4, -0.2) is 45.8 Å². The van der Waals surface area contributed by atoms with Crippen LogP contribution in [0.15, 0.2) is 18.2 Å². The smallest absolute Gasteiger partial charge is 0.161 e. The molecule has 0 amide bonds. The molecule has 19 heavy (non-hydrogen) atoms. The van der Waals surface area contributed by atoms with Gasteiger partial charge in [-0.1, -0.05) is 6.07 Å². The van der Waals surface area contributed by atoms with Gasteiger partial charge in [0.15, 0.2) is 11.5 Å². The summed E-state index contributed by atoms with van der Waals surface area (Å²) in [7, 11) is 6.25. The number of benzene rings is 1. The first-order valence-corrected chi connectivity index (χ1v) is 6.93. The molecule has 106 valence electrons. The lowest BCUT2D eigenvalue weighted by Gasteiger charge is -2.26. The minimum atomic E-state index is 0.421. The molecule has 0 aliphatic carbocycles. The van der Waals surface area contributed by atoms with Crippen LogP contribution < -0.4 is 14.8 Å². The fraction of sp³-hybridized carbons (Fsp3) is 0.600. The summed E-state index contributed by atoms with van der Waals surface area (Å²) < 4.78 is 11.2. The van der Waals surface area contributed by atoms with Crippen LogP contribution in [0.2, 0.25) is 0 Å². The van der Waals surface area contributed by atoms with Crippen LogP contribution in [0.5, 0.6) is 11.5 Å². The number of hydrogen-bond donors (Lipinski definition) is 1. The molecule has 1 aromatic rings. The predicted molar refractivity (Wildman–Crippen MR) is 77.0 cm³/mol. The molecule has 1 aromatic carbocycles. The molecule has 1 heterocycles. The van der Waals surface area contributed by atoms with Crippen molar-refractivity contribution in [3.05, 3.63) is 23.8 Å². The number of nitrogens with zero attached hydrogens (tertiary/aromatic N) is 1. The molecule has 0 fully saturated rings. The molecule has 1 N–H and O–H groups in total. The van der Waals surface area contributed by atoms with Gasteiger partial charge in [0, 0.05) is 6.04 Å². The van der Waals surface area contributed by atoms with E-state index in [9.17, 15) is 0 Å². The third-order valence-electron chi connectivity index (χ3n) is 3.48. The van der Waals surface area contributed by atoms with E-state index in [1.807, 2.05) is 13.1 Å². The molecule has 1 aliphatic heterocycles. The summed E-state index contributed by atoms with van der Waals surface area (Å²) in [4.78, 5) is 2.26. The zero-order valence-electron chi connectivity index (χ0n) is 12.1. The molecule has 1 unspecified atom stereocenters. The summed E-state index contributed by atoms with van der Waals surface area (Å²) in [5.41, 5.74) is 1.30. The average Bonchev–Trinajstić information content (AvgIpc) is 2.43. The quantitative estimate of drug-likeness (QED) is 0.797. The van der Waals surface area contributed by atoms with Crippen LogP contribution in [0, 0.1) is 0 Å². The number of ether oxygens (including phenoxy) is 2. The van der Waals surface area contributed by atoms with Gasteiger partial charge >= 0.3 is 0 Å². The van der Waals surface area contributed by atoms with E-state index in [1.165, 1.54) is 5.56 Å². The first kappa shape index (κ1) is 14.2. The molecule has 4 nitrogen and oxygen atoms in total. The Balaban J connectivity index is 2.12. The van der Waals surface area contributed by atoms with Gasteiger partial charge in [-0.3, -0.25) is 0 Å². The van der Waals surface area contributed by atoms with E-state index in [2.05, 4.69) is 36.4 Å². The van der Waals surface area contributed by atoms with Crippen molar-refractivity contribution in [2.75, 3.05) is 40.9 Å². The maximum atomic E-state index is 5.66. The van der Waals surface area contributed by atoms with Crippen LogP contribution in [0.3, 0.4) is 0 Å². The molecule has 0 radical (unpaired) electrons. The Morgan fingerprint density at radius 1 is 1.21 bits per heavy atom. The Kier molecular flexibility index (Phi) is 5.05. The molecule has 0 bridgehead atoms. The number of fused-ring (bicyclic) bond motifs is 1. The van der Waals surface area contributed by atoms with Crippen molar-refractivity contribution in [1.82, 2.24) is 10.2 Å². The van der Waals surface area contributed by atoms with E-state index in [0.29, 0.717) is 19.3 Å². The second-order valence-corrected chi connectivity index (χ2v) is 5.13. The van der Waals surface area contributed by atoms with E-state index in [4.69, 9.17) is 9.47 Å². The van der Waals surface area contributed by atoms with Crippen molar-refractivity contribution in [2.24, 2.45) is 0 Å². The van der Waals surface area contributed by atoms with E-state index in [0.717, 1.165) is 30.9 Å². The minimum absolute atomic E-state index is 0.421. The molecule has 1 atom stereocenters. The Morgan fingerprint density at radius 2 is 1.95 bits per heavy atom. The maximum absolute atomic E-state index is 5.66. The standard InChI is InChI=1S/C15H24N2O2/c1-16-8-4-5-13(17(2)3)12-6-7-14-15(11-12)19-10-9-18-14/h6-7,11,13,16H,4-5,8-10H2,1-3H3. The summed E-state index contributed by atoms with van der Waals surface area (Å²) in [6.45, 7) is 2.34. The number of hydrogen-bond acceptors (Lipinski definition) is 4. The summed E-state index contributed by atoms with van der Waals surface area (Å²) >= 11 is 0. The van der Waals surface area contributed by atoms with Gasteiger partial charge in [-0.15, -0.1) is 0 Å². The highest BCUT2D eigenvalue weighted by Crippen LogP contribution is 2.34. The lowest BCUT2D eigenvalue weighted by Crippen LogP contribution is -2.22. The minimum Gasteiger partial charge on any atom is -0.486 e. The first-order chi connectivity index (χ1) is 9.22. The summed E-state index contributed by atoms with van der Waals surface area (Å²) in [6.07, 6.45) is 2.29. The van der Waals surface area contributed by atoms with Crippen LogP contribution in [0.1, 0.15) is 24.4 Å². The van der Waals surface area contributed by atoms with Crippen molar-refractivity contribution in [1.29, 1.82) is 0 Å². The van der Waals surface area contributed by atoms with Crippen LogP contribution >= 0.6 is 0 Å². The third kappa shape index (κ3) is 3.61. The van der Waals surface area contributed by atoms with Crippen LogP contribution in [-0.2, 0) is 0 Å². The fourth-order valence-electron chi connectivity index (χ4n) is 2.46. The van der Waals surface area contributed by atoms with E-state index < -0.39 is 0 Å². The molecular weight excluding hydrogens is 240 g/mol. The largest absolute Gasteiger partial charge is 0.486 e. The highest BCUT2D eigenvalue weighted by molar-refractivity contribution is 5.44. The molecule has 1 aliphatic rings. The highest BCUT2D eigenvalue weighted by atomic mass is 16.6. The van der Waals surface area contributed by atoms with Crippen LogP contribution in [0.25, 0.3) is 0 Å². The Bertz CT molecular complexity index is 407. The zero-order chi connectivity index (χ0) is 13.7. The Morgan fingerprint density at radius 3 is 2.63 bits per heavy atom. The van der Waals surface area contributed by atoms with Gasteiger partial charge in [0.25, 0.3) is 0 Å². The lowest BCUT2D eigenvalue weighted by molar-refractivity contribution is 0.170. The van der Waals surface area contributed by atoms with Crippen molar-refractivity contribution in [3.8, 4) is 11.5 Å². The van der Waals surface area contributed by atoms with Crippen molar-refractivity contribution < 1.29 is 9.47 Å². The maximum Gasteiger partial charge on any atom is 0.161 e. The number of nitrogens with one attached hydrogen (secondary N) is 1. The highest BCUT2D eigenvalue weighted by Gasteiger charge is 2.18. The fourth-order valence-corrected chi connectivity index (χ4v) is 2.46. The van der Waals surface area contributed by atoms with Gasteiger partial charge in [-0.05, 0) is 58.2 Å². The van der Waals surface area contributed by atoms with Crippen molar-refractivity contribution in [3.63, 3.8) is 0 Å².